The van der Waals surface area contributed by atoms with E-state index in [1.807, 2.05) is 30.3 Å². The van der Waals surface area contributed by atoms with Crippen LogP contribution in [0.15, 0.2) is 93.1 Å². The summed E-state index contributed by atoms with van der Waals surface area (Å²) >= 11 is 0. The lowest BCUT2D eigenvalue weighted by atomic mass is 10.0. The molecule has 0 aliphatic rings. The number of halogens is 1. The highest BCUT2D eigenvalue weighted by molar-refractivity contribution is 7.86. The summed E-state index contributed by atoms with van der Waals surface area (Å²) in [5, 5.41) is 0. The maximum absolute atomic E-state index is 11.9. The van der Waals surface area contributed by atoms with Gasteiger partial charge in [-0.25, -0.2) is 23.1 Å². The first-order chi connectivity index (χ1) is 19.0. The molecular weight excluding hydrogens is 608 g/mol. The highest BCUT2D eigenvalue weighted by Gasteiger charge is 2.26. The first-order valence-electron chi connectivity index (χ1n) is 11.0. The van der Waals surface area contributed by atoms with E-state index in [0.29, 0.717) is 16.7 Å². The average molecular weight is 629 g/mol. The van der Waals surface area contributed by atoms with Crippen LogP contribution in [0.25, 0.3) is 33.8 Å². The Balaban J connectivity index is 0.000000850. The van der Waals surface area contributed by atoms with Crippen LogP contribution in [-0.4, -0.2) is 40.2 Å². The predicted octanol–water partition coefficient (Wildman–Crippen LogP) is 0.316. The molecule has 0 radical (unpaired) electrons. The lowest BCUT2D eigenvalue weighted by Crippen LogP contribution is -2.68. The first kappa shape index (κ1) is 31.9. The zero-order chi connectivity index (χ0) is 30.6. The van der Waals surface area contributed by atoms with Gasteiger partial charge in [-0.1, -0.05) is 30.3 Å². The van der Waals surface area contributed by atoms with Gasteiger partial charge in [0.2, 0.25) is 0 Å². The van der Waals surface area contributed by atoms with Gasteiger partial charge in [-0.15, -0.1) is 10.2 Å². The predicted molar refractivity (Wildman–Crippen MR) is 132 cm³/mol. The molecule has 3 aromatic carbocycles. The molecule has 0 amide bonds. The van der Waals surface area contributed by atoms with Crippen molar-refractivity contribution in [3.63, 3.8) is 0 Å². The van der Waals surface area contributed by atoms with Crippen molar-refractivity contribution in [2.45, 2.75) is 9.79 Å². The van der Waals surface area contributed by atoms with Gasteiger partial charge in [0, 0.05) is 5.56 Å². The second-order valence-corrected chi connectivity index (χ2v) is 11.5. The van der Waals surface area contributed by atoms with Crippen LogP contribution in [0.1, 0.15) is 0 Å². The largest absolute Gasteiger partial charge is 0.495 e. The molecule has 0 saturated heterocycles. The summed E-state index contributed by atoms with van der Waals surface area (Å²) in [6.07, 6.45) is 0. The molecule has 4 rings (SSSR count). The van der Waals surface area contributed by atoms with Crippen LogP contribution in [0.4, 0.5) is 0 Å². The maximum atomic E-state index is 11.9. The molecule has 13 nitrogen and oxygen atoms in total. The van der Waals surface area contributed by atoms with Gasteiger partial charge in [-0.3, -0.25) is 9.11 Å². The smallest absolute Gasteiger partial charge is 0.361 e. The molecule has 1 heterocycles. The Hall–Kier alpha value is -3.64. The van der Waals surface area contributed by atoms with E-state index in [-0.39, 0.29) is 23.0 Å². The van der Waals surface area contributed by atoms with Crippen LogP contribution in [0.2, 0.25) is 0 Å². The van der Waals surface area contributed by atoms with E-state index in [1.165, 1.54) is 38.5 Å². The molecule has 0 fully saturated rings. The van der Waals surface area contributed by atoms with E-state index in [4.69, 9.17) is 32.5 Å². The van der Waals surface area contributed by atoms with Crippen molar-refractivity contribution in [2.24, 2.45) is 0 Å². The zero-order valence-electron chi connectivity index (χ0n) is 21.1. The molecule has 2 N–H and O–H groups in total. The lowest BCUT2D eigenvalue weighted by Gasteiger charge is -2.17. The fraction of sp³-hybridized carbons (Fsp3) is 0.0800. The minimum absolute atomic E-state index is 0.0476. The zero-order valence-corrected chi connectivity index (χ0v) is 23.5. The Morgan fingerprint density at radius 3 is 1.34 bits per heavy atom. The van der Waals surface area contributed by atoms with Crippen molar-refractivity contribution in [1.82, 2.24) is 0 Å². The van der Waals surface area contributed by atoms with Crippen molar-refractivity contribution < 1.29 is 68.7 Å². The minimum atomic E-state index is -4.94. The Bertz CT molecular complexity index is 1640. The molecule has 1 aromatic heterocycles. The molecule has 0 spiro atoms. The van der Waals surface area contributed by atoms with Crippen molar-refractivity contribution in [3.05, 3.63) is 78.9 Å². The number of rotatable bonds is 7. The number of methoxy groups -OCH3 is 2. The van der Waals surface area contributed by atoms with Crippen LogP contribution < -0.4 is 28.1 Å². The molecule has 0 bridgehead atoms. The van der Waals surface area contributed by atoms with Gasteiger partial charge in [0.25, 0.3) is 20.2 Å². The van der Waals surface area contributed by atoms with E-state index in [2.05, 4.69) is 0 Å². The monoisotopic (exact) mass is 628 g/mol. The summed E-state index contributed by atoms with van der Waals surface area (Å²) in [7, 11) is -11.6. The molecule has 0 atom stereocenters. The fourth-order valence-corrected chi connectivity index (χ4v) is 5.01. The highest BCUT2D eigenvalue weighted by Crippen LogP contribution is 2.37. The second-order valence-electron chi connectivity index (χ2n) is 8.00. The third-order valence-corrected chi connectivity index (χ3v) is 7.10. The molecule has 41 heavy (non-hydrogen) atoms. The van der Waals surface area contributed by atoms with Crippen molar-refractivity contribution >= 4 is 20.2 Å². The summed E-state index contributed by atoms with van der Waals surface area (Å²) < 4.78 is 117. The van der Waals surface area contributed by atoms with Crippen molar-refractivity contribution in [3.8, 4) is 45.3 Å². The summed E-state index contributed by atoms with van der Waals surface area (Å²) in [6.45, 7) is 0. The van der Waals surface area contributed by atoms with Crippen LogP contribution in [-0.2, 0) is 20.2 Å². The van der Waals surface area contributed by atoms with Crippen LogP contribution >= 0.6 is 0 Å². The molecule has 16 heteroatoms. The van der Waals surface area contributed by atoms with Crippen LogP contribution in [0, 0.1) is 10.2 Å². The fourth-order valence-electron chi connectivity index (χ4n) is 3.65. The van der Waals surface area contributed by atoms with Gasteiger partial charge in [-0.2, -0.15) is 16.8 Å². The van der Waals surface area contributed by atoms with Gasteiger partial charge >= 0.3 is 11.5 Å². The minimum Gasteiger partial charge on any atom is -0.495 e. The third kappa shape index (κ3) is 8.67. The van der Waals surface area contributed by atoms with E-state index < -0.39 is 40.3 Å². The lowest BCUT2D eigenvalue weighted by molar-refractivity contribution is -2.00. The number of hydrogen-bond acceptors (Lipinski definition) is 10. The Labute approximate surface area is 236 Å². The summed E-state index contributed by atoms with van der Waals surface area (Å²) in [5.74, 6) is 0.355. The summed E-state index contributed by atoms with van der Waals surface area (Å²) in [5.41, 5.74) is 2.11. The van der Waals surface area contributed by atoms with Crippen LogP contribution in [0.3, 0.4) is 0 Å². The first-order valence-corrected chi connectivity index (χ1v) is 15.1. The van der Waals surface area contributed by atoms with Crippen LogP contribution in [0.5, 0.6) is 11.5 Å². The molecule has 0 aliphatic heterocycles. The second kappa shape index (κ2) is 12.5. The standard InChI is InChI=1S/C25H20O9S2.ClHO4/c1-32-20-10-8-17(14-24(20)35(26,27)28)22-12-19(16-6-4-3-5-7-16)13-23(34-22)18-9-11-21(33-2)25(15-18)36(29,30)31;2-1(3,4)5/h3-15H,1-2H3,(H-,26,27,28,29,30,31);(H,2,3,4,5). The van der Waals surface area contributed by atoms with Gasteiger partial charge in [0.05, 0.1) is 37.5 Å². The van der Waals surface area contributed by atoms with Gasteiger partial charge in [-0.05, 0) is 42.0 Å². The van der Waals surface area contributed by atoms with Crippen molar-refractivity contribution in [1.29, 1.82) is 0 Å². The Morgan fingerprint density at radius 2 is 1.00 bits per heavy atom. The quantitative estimate of drug-likeness (QED) is 0.207. The number of ether oxygens (including phenoxy) is 2. The number of benzene rings is 3. The van der Waals surface area contributed by atoms with E-state index in [1.54, 1.807) is 24.3 Å². The summed E-state index contributed by atoms with van der Waals surface area (Å²) in [6, 6.07) is 20.9. The Kier molecular flexibility index (Phi) is 9.70. The maximum Gasteiger partial charge on any atom is 0.361 e. The average Bonchev–Trinajstić information content (AvgIpc) is 2.90. The van der Waals surface area contributed by atoms with E-state index in [9.17, 15) is 25.9 Å². The number of hydrogen-bond donors (Lipinski definition) is 2. The molecule has 218 valence electrons. The molecule has 0 unspecified atom stereocenters. The molecule has 4 aromatic rings. The summed E-state index contributed by atoms with van der Waals surface area (Å²) in [4.78, 5) is -0.884. The molecule has 0 saturated carbocycles. The molecule has 0 aliphatic carbocycles. The van der Waals surface area contributed by atoms with Crippen molar-refractivity contribution in [2.75, 3.05) is 14.2 Å². The SMILES string of the molecule is COc1ccc(-c2cc(-c3ccccc3)cc(-c3ccc(OC)c(S(=O)(=O)O)c3)[o+]2)cc1S(=O)(=O)O.[O-][Cl+3]([O-])([O-])[O-]. The van der Waals surface area contributed by atoms with Gasteiger partial charge in [0.1, 0.15) is 21.3 Å². The highest BCUT2D eigenvalue weighted by atomic mass is 35.7. The van der Waals surface area contributed by atoms with Gasteiger partial charge in [0.15, 0.2) is 0 Å². The Morgan fingerprint density at radius 1 is 0.610 bits per heavy atom. The molecular formula is C25H21ClO13S2. The van der Waals surface area contributed by atoms with E-state index >= 15 is 0 Å². The normalized spacial score (nSPS) is 11.8. The third-order valence-electron chi connectivity index (χ3n) is 5.35. The van der Waals surface area contributed by atoms with Gasteiger partial charge < -0.3 is 9.47 Å². The van der Waals surface area contributed by atoms with E-state index in [0.717, 1.165) is 5.56 Å². The topological polar surface area (TPSA) is 231 Å².